The Hall–Kier alpha value is -3.88. The van der Waals surface area contributed by atoms with E-state index in [2.05, 4.69) is 10.6 Å². The van der Waals surface area contributed by atoms with Crippen LogP contribution in [0.15, 0.2) is 65.1 Å². The summed E-state index contributed by atoms with van der Waals surface area (Å²) in [7, 11) is 0. The number of hydrogen-bond acceptors (Lipinski definition) is 3. The highest BCUT2D eigenvalue weighted by Gasteiger charge is 2.34. The zero-order valence-electron chi connectivity index (χ0n) is 16.1. The highest BCUT2D eigenvalue weighted by molar-refractivity contribution is 6.05. The first-order chi connectivity index (χ1) is 14.6. The van der Waals surface area contributed by atoms with Gasteiger partial charge in [-0.15, -0.1) is 0 Å². The third-order valence-electron chi connectivity index (χ3n) is 4.12. The lowest BCUT2D eigenvalue weighted by Gasteiger charge is -2.15. The number of carbonyl (C=O) groups excluding carboxylic acids is 2. The Balaban J connectivity index is 1.80. The standard InChI is InChI=1S/C22H16F4N2O3/c1-13-6-8-15(31-13)9-11-20(29)28-19-10-7-14(12-17(19)22(24,25)26)27-21(30)16-4-2-3-5-18(16)23/h2-12H,1H3,(H,27,30)(H,28,29)/b11-9+. The molecule has 2 amide bonds. The molecule has 0 saturated heterocycles. The van der Waals surface area contributed by atoms with Gasteiger partial charge in [-0.3, -0.25) is 9.59 Å². The van der Waals surface area contributed by atoms with Gasteiger partial charge in [-0.05, 0) is 55.5 Å². The molecule has 0 unspecified atom stereocenters. The number of benzene rings is 2. The number of amides is 2. The summed E-state index contributed by atoms with van der Waals surface area (Å²) in [6.45, 7) is 1.71. The summed E-state index contributed by atoms with van der Waals surface area (Å²) >= 11 is 0. The van der Waals surface area contributed by atoms with E-state index in [1.165, 1.54) is 30.3 Å². The molecule has 0 saturated carbocycles. The summed E-state index contributed by atoms with van der Waals surface area (Å²) in [6, 6.07) is 11.2. The summed E-state index contributed by atoms with van der Waals surface area (Å²) in [5.74, 6) is -1.52. The molecule has 31 heavy (non-hydrogen) atoms. The Kier molecular flexibility index (Phi) is 6.24. The number of carbonyl (C=O) groups is 2. The van der Waals surface area contributed by atoms with Crippen LogP contribution in [0, 0.1) is 12.7 Å². The van der Waals surface area contributed by atoms with E-state index in [4.69, 9.17) is 4.42 Å². The zero-order chi connectivity index (χ0) is 22.6. The molecular weight excluding hydrogens is 416 g/mol. The van der Waals surface area contributed by atoms with Crippen LogP contribution >= 0.6 is 0 Å². The highest BCUT2D eigenvalue weighted by atomic mass is 19.4. The monoisotopic (exact) mass is 432 g/mol. The molecule has 2 aromatic carbocycles. The van der Waals surface area contributed by atoms with Gasteiger partial charge in [0.25, 0.3) is 5.91 Å². The van der Waals surface area contributed by atoms with Crippen LogP contribution in [0.4, 0.5) is 28.9 Å². The average molecular weight is 432 g/mol. The van der Waals surface area contributed by atoms with Crippen LogP contribution in [0.25, 0.3) is 6.08 Å². The van der Waals surface area contributed by atoms with E-state index in [0.717, 1.165) is 18.2 Å². The van der Waals surface area contributed by atoms with E-state index in [0.29, 0.717) is 17.6 Å². The first kappa shape index (κ1) is 21.8. The van der Waals surface area contributed by atoms with Gasteiger partial charge in [-0.2, -0.15) is 13.2 Å². The van der Waals surface area contributed by atoms with Crippen LogP contribution < -0.4 is 10.6 Å². The third kappa shape index (κ3) is 5.59. The van der Waals surface area contributed by atoms with E-state index >= 15 is 0 Å². The van der Waals surface area contributed by atoms with E-state index in [9.17, 15) is 27.2 Å². The number of hydrogen-bond donors (Lipinski definition) is 2. The molecule has 2 N–H and O–H groups in total. The first-order valence-electron chi connectivity index (χ1n) is 8.96. The van der Waals surface area contributed by atoms with Gasteiger partial charge in [0.2, 0.25) is 5.91 Å². The maximum Gasteiger partial charge on any atom is 0.418 e. The molecule has 3 rings (SSSR count). The Morgan fingerprint density at radius 2 is 1.74 bits per heavy atom. The highest BCUT2D eigenvalue weighted by Crippen LogP contribution is 2.36. The molecular formula is C22H16F4N2O3. The minimum absolute atomic E-state index is 0.208. The average Bonchev–Trinajstić information content (AvgIpc) is 3.12. The van der Waals surface area contributed by atoms with Gasteiger partial charge in [-0.25, -0.2) is 4.39 Å². The van der Waals surface area contributed by atoms with E-state index in [1.807, 2.05) is 0 Å². The molecule has 1 aromatic heterocycles. The molecule has 1 heterocycles. The summed E-state index contributed by atoms with van der Waals surface area (Å²) in [5, 5.41) is 4.38. The largest absolute Gasteiger partial charge is 0.462 e. The number of rotatable bonds is 5. The maximum atomic E-state index is 13.7. The van der Waals surface area contributed by atoms with Gasteiger partial charge in [0.1, 0.15) is 17.3 Å². The predicted molar refractivity (Wildman–Crippen MR) is 107 cm³/mol. The Bertz CT molecular complexity index is 1150. The SMILES string of the molecule is Cc1ccc(/C=C/C(=O)Nc2ccc(NC(=O)c3ccccc3F)cc2C(F)(F)F)o1. The van der Waals surface area contributed by atoms with Crippen LogP contribution in [0.2, 0.25) is 0 Å². The molecule has 160 valence electrons. The van der Waals surface area contributed by atoms with Crippen LogP contribution in [0.1, 0.15) is 27.4 Å². The van der Waals surface area contributed by atoms with Crippen molar-refractivity contribution in [3.63, 3.8) is 0 Å². The predicted octanol–water partition coefficient (Wildman–Crippen LogP) is 5.65. The van der Waals surface area contributed by atoms with Crippen molar-refractivity contribution >= 4 is 29.3 Å². The third-order valence-corrected chi connectivity index (χ3v) is 4.12. The topological polar surface area (TPSA) is 71.3 Å². The lowest BCUT2D eigenvalue weighted by molar-refractivity contribution is -0.136. The van der Waals surface area contributed by atoms with Gasteiger partial charge in [0.15, 0.2) is 0 Å². The Morgan fingerprint density at radius 1 is 1.00 bits per heavy atom. The smallest absolute Gasteiger partial charge is 0.418 e. The fraction of sp³-hybridized carbons (Fsp3) is 0.0909. The summed E-state index contributed by atoms with van der Waals surface area (Å²) in [5.41, 5.74) is -2.19. The van der Waals surface area contributed by atoms with Crippen molar-refractivity contribution in [2.24, 2.45) is 0 Å². The fourth-order valence-corrected chi connectivity index (χ4v) is 2.68. The second kappa shape index (κ2) is 8.86. The van der Waals surface area contributed by atoms with E-state index < -0.39 is 35.1 Å². The number of furan rings is 1. The Morgan fingerprint density at radius 3 is 2.39 bits per heavy atom. The summed E-state index contributed by atoms with van der Waals surface area (Å²) < 4.78 is 59.5. The summed E-state index contributed by atoms with van der Waals surface area (Å²) in [6.07, 6.45) is -2.46. The van der Waals surface area contributed by atoms with Crippen LogP contribution in [0.3, 0.4) is 0 Å². The van der Waals surface area contributed by atoms with Crippen LogP contribution in [0.5, 0.6) is 0 Å². The van der Waals surface area contributed by atoms with Crippen molar-refractivity contribution in [3.8, 4) is 0 Å². The summed E-state index contributed by atoms with van der Waals surface area (Å²) in [4.78, 5) is 24.2. The second-order valence-corrected chi connectivity index (χ2v) is 6.46. The van der Waals surface area contributed by atoms with Gasteiger partial charge in [0, 0.05) is 11.8 Å². The normalized spacial score (nSPS) is 11.5. The molecule has 0 radical (unpaired) electrons. The Labute approximate surface area is 174 Å². The van der Waals surface area contributed by atoms with E-state index in [-0.39, 0.29) is 11.3 Å². The molecule has 0 fully saturated rings. The molecule has 9 heteroatoms. The van der Waals surface area contributed by atoms with Gasteiger partial charge in [-0.1, -0.05) is 12.1 Å². The van der Waals surface area contributed by atoms with Crippen LogP contribution in [-0.2, 0) is 11.0 Å². The molecule has 0 bridgehead atoms. The van der Waals surface area contributed by atoms with Crippen LogP contribution in [-0.4, -0.2) is 11.8 Å². The van der Waals surface area contributed by atoms with Crippen molar-refractivity contribution in [1.82, 2.24) is 0 Å². The lowest BCUT2D eigenvalue weighted by Crippen LogP contribution is -2.17. The van der Waals surface area contributed by atoms with Gasteiger partial charge >= 0.3 is 6.18 Å². The number of alkyl halides is 3. The lowest BCUT2D eigenvalue weighted by atomic mass is 10.1. The molecule has 0 spiro atoms. The molecule has 0 aliphatic rings. The number of nitrogens with one attached hydrogen (secondary N) is 2. The van der Waals surface area contributed by atoms with Crippen molar-refractivity contribution in [3.05, 3.63) is 89.1 Å². The number of aryl methyl sites for hydroxylation is 1. The minimum atomic E-state index is -4.82. The number of anilines is 2. The van der Waals surface area contributed by atoms with Gasteiger partial charge < -0.3 is 15.1 Å². The number of halogens is 4. The quantitative estimate of drug-likeness (QED) is 0.404. The van der Waals surface area contributed by atoms with Crippen molar-refractivity contribution in [2.45, 2.75) is 13.1 Å². The van der Waals surface area contributed by atoms with Crippen molar-refractivity contribution in [1.29, 1.82) is 0 Å². The second-order valence-electron chi connectivity index (χ2n) is 6.46. The molecule has 0 atom stereocenters. The van der Waals surface area contributed by atoms with Gasteiger partial charge in [0.05, 0.1) is 16.8 Å². The minimum Gasteiger partial charge on any atom is -0.462 e. The fourth-order valence-electron chi connectivity index (χ4n) is 2.68. The molecule has 0 aliphatic carbocycles. The van der Waals surface area contributed by atoms with Crippen molar-refractivity contribution in [2.75, 3.05) is 10.6 Å². The molecule has 3 aromatic rings. The maximum absolute atomic E-state index is 13.7. The molecule has 0 aliphatic heterocycles. The molecule has 5 nitrogen and oxygen atoms in total. The first-order valence-corrected chi connectivity index (χ1v) is 8.96. The zero-order valence-corrected chi connectivity index (χ0v) is 16.1. The van der Waals surface area contributed by atoms with Crippen molar-refractivity contribution < 1.29 is 31.6 Å². The van der Waals surface area contributed by atoms with E-state index in [1.54, 1.807) is 19.1 Å².